The van der Waals surface area contributed by atoms with Crippen molar-refractivity contribution >= 4 is 90.6 Å². The Morgan fingerprint density at radius 3 is 0.311 bits per heavy atom. The van der Waals surface area contributed by atoms with Crippen LogP contribution in [0.25, 0.3) is 0 Å². The number of carboxylic acid groups (broad SMARTS) is 5. The van der Waals surface area contributed by atoms with E-state index >= 15 is 0 Å². The molecule has 0 aliphatic carbocycles. The van der Waals surface area contributed by atoms with Gasteiger partial charge in [0.05, 0.1) is 0 Å². The van der Waals surface area contributed by atoms with Crippen molar-refractivity contribution in [3.8, 4) is 0 Å². The summed E-state index contributed by atoms with van der Waals surface area (Å²) in [5.41, 5.74) is 0. The van der Waals surface area contributed by atoms with E-state index in [2.05, 4.69) is 34.6 Å². The molecule has 0 heterocycles. The number of aliphatic carboxylic acids is 5. The van der Waals surface area contributed by atoms with Crippen LogP contribution < -0.4 is 20.4 Å². The zero-order valence-corrected chi connectivity index (χ0v) is 76.1. The molecule has 106 heavy (non-hydrogen) atoms. The second kappa shape index (κ2) is 115. The van der Waals surface area contributed by atoms with Crippen LogP contribution in [0.1, 0.15) is 574 Å². The van der Waals surface area contributed by atoms with Crippen LogP contribution in [-0.2, 0) is 24.0 Å². The summed E-state index contributed by atoms with van der Waals surface area (Å²) < 4.78 is 0. The van der Waals surface area contributed by atoms with Crippen LogP contribution in [0.5, 0.6) is 0 Å². The van der Waals surface area contributed by atoms with Crippen molar-refractivity contribution in [2.45, 2.75) is 574 Å². The first-order valence-corrected chi connectivity index (χ1v) is 46.9. The van der Waals surface area contributed by atoms with Crippen LogP contribution in [0.15, 0.2) is 0 Å². The van der Waals surface area contributed by atoms with E-state index in [0.717, 1.165) is 64.2 Å². The smallest absolute Gasteiger partial charge is 0.550 e. The van der Waals surface area contributed by atoms with Gasteiger partial charge in [-0.05, 0) is 57.8 Å². The standard InChI is InChI=1S/C22H44O2.4C18H36O2.Ca.Mg/c1-2-3-4-5-6-7-8-9-10-11-12-13-14-15-16-17-18-19-20-21-22(23)24;4*1-2-3-4-5-6-7-8-9-10-11-12-13-14-15-16-17-18(19)20;;/h2-21H2,1H3,(H,23,24);4*2-17H2,1H3,(H,19,20);;/q;;;;;2*+2/p-4. The van der Waals surface area contributed by atoms with Crippen molar-refractivity contribution in [1.82, 2.24) is 0 Å². The summed E-state index contributed by atoms with van der Waals surface area (Å²) in [5, 5.41) is 49.4. The summed E-state index contributed by atoms with van der Waals surface area (Å²) >= 11 is 0. The molecule has 10 nitrogen and oxygen atoms in total. The van der Waals surface area contributed by atoms with Crippen LogP contribution in [0.2, 0.25) is 0 Å². The van der Waals surface area contributed by atoms with Gasteiger partial charge < -0.3 is 44.7 Å². The van der Waals surface area contributed by atoms with Gasteiger partial charge in [-0.1, -0.05) is 510 Å². The first-order chi connectivity index (χ1) is 50.9. The number of carbonyl (C=O) groups is 5. The van der Waals surface area contributed by atoms with Crippen LogP contribution in [0.4, 0.5) is 0 Å². The maximum absolute atomic E-state index is 10.4. The minimum absolute atomic E-state index is 0. The van der Waals surface area contributed by atoms with E-state index < -0.39 is 29.8 Å². The van der Waals surface area contributed by atoms with Gasteiger partial charge in [0.15, 0.2) is 0 Å². The number of hydrogen-bond acceptors (Lipinski definition) is 9. The van der Waals surface area contributed by atoms with E-state index in [4.69, 9.17) is 5.11 Å². The molecule has 0 aromatic heterocycles. The molecule has 0 fully saturated rings. The quantitative estimate of drug-likeness (QED) is 0.0452. The Morgan fingerprint density at radius 1 is 0.160 bits per heavy atom. The molecule has 12 heteroatoms. The van der Waals surface area contributed by atoms with Gasteiger partial charge in [-0.25, -0.2) is 0 Å². The Bertz CT molecular complexity index is 1430. The predicted octanol–water partition coefficient (Wildman–Crippen LogP) is 27.1. The molecule has 0 atom stereocenters. The van der Waals surface area contributed by atoms with Gasteiger partial charge in [0, 0.05) is 30.3 Å². The van der Waals surface area contributed by atoms with Crippen LogP contribution in [-0.4, -0.2) is 95.7 Å². The second-order valence-electron chi connectivity index (χ2n) is 31.8. The molecule has 0 saturated carbocycles. The third-order valence-electron chi connectivity index (χ3n) is 20.9. The first kappa shape index (κ1) is 119. The van der Waals surface area contributed by atoms with Crippen molar-refractivity contribution in [2.24, 2.45) is 0 Å². The predicted molar refractivity (Wildman–Crippen MR) is 455 cm³/mol. The van der Waals surface area contributed by atoms with Crippen LogP contribution in [0.3, 0.4) is 0 Å². The van der Waals surface area contributed by atoms with Crippen molar-refractivity contribution < 1.29 is 49.5 Å². The van der Waals surface area contributed by atoms with Gasteiger partial charge in [-0.2, -0.15) is 0 Å². The number of rotatable bonds is 84. The fourth-order valence-corrected chi connectivity index (χ4v) is 13.9. The largest absolute Gasteiger partial charge is 2.00 e. The summed E-state index contributed by atoms with van der Waals surface area (Å²) in [6.45, 7) is 11.4. The van der Waals surface area contributed by atoms with Gasteiger partial charge in [-0.15, -0.1) is 0 Å². The minimum atomic E-state index is -0.903. The Morgan fingerprint density at radius 2 is 0.236 bits per heavy atom. The van der Waals surface area contributed by atoms with Gasteiger partial charge in [0.1, 0.15) is 0 Å². The molecule has 0 aliphatic rings. The van der Waals surface area contributed by atoms with E-state index in [1.807, 2.05) is 0 Å². The molecule has 1 N–H and O–H groups in total. The second-order valence-corrected chi connectivity index (χ2v) is 31.8. The third-order valence-corrected chi connectivity index (χ3v) is 20.9. The summed E-state index contributed by atoms with van der Waals surface area (Å²) in [4.78, 5) is 51.3. The molecule has 0 aliphatic heterocycles. The first-order valence-electron chi connectivity index (χ1n) is 46.9. The fourth-order valence-electron chi connectivity index (χ4n) is 13.9. The average molecular weight is 1540 g/mol. The Kier molecular flexibility index (Phi) is 129. The number of carboxylic acids is 5. The number of unbranched alkanes of at least 4 members (excludes halogenated alkanes) is 74. The summed E-state index contributed by atoms with van der Waals surface area (Å²) in [7, 11) is 0. The van der Waals surface area contributed by atoms with Gasteiger partial charge in [0.25, 0.3) is 0 Å². The molecule has 0 spiro atoms. The Labute approximate surface area is 708 Å². The molecule has 0 rings (SSSR count). The van der Waals surface area contributed by atoms with Crippen molar-refractivity contribution in [2.75, 3.05) is 0 Å². The van der Waals surface area contributed by atoms with Crippen LogP contribution >= 0.6 is 0 Å². The topological polar surface area (TPSA) is 198 Å². The average Bonchev–Trinajstić information content (AvgIpc) is 3.72. The molecule has 624 valence electrons. The third kappa shape index (κ3) is 139. The minimum Gasteiger partial charge on any atom is -0.550 e. The Balaban J connectivity index is -0.000000231. The monoisotopic (exact) mass is 1540 g/mol. The van der Waals surface area contributed by atoms with Gasteiger partial charge >= 0.3 is 66.8 Å². The van der Waals surface area contributed by atoms with E-state index in [-0.39, 0.29) is 86.5 Å². The van der Waals surface area contributed by atoms with E-state index in [1.54, 1.807) is 0 Å². The van der Waals surface area contributed by atoms with Crippen molar-refractivity contribution in [3.05, 3.63) is 0 Å². The summed E-state index contributed by atoms with van der Waals surface area (Å²) in [5.74, 6) is -4.26. The molecule has 0 saturated heterocycles. The molecular formula is C94H184CaMgO10. The molecule has 0 unspecified atom stereocenters. The van der Waals surface area contributed by atoms with E-state index in [9.17, 15) is 44.4 Å². The maximum Gasteiger partial charge on any atom is 2.00 e. The van der Waals surface area contributed by atoms with Crippen molar-refractivity contribution in [1.29, 1.82) is 0 Å². The van der Waals surface area contributed by atoms with E-state index in [0.29, 0.717) is 6.42 Å². The molecule has 0 radical (unpaired) electrons. The fraction of sp³-hybridized carbons (Fsp3) is 0.947. The molecule has 0 aromatic rings. The normalized spacial score (nSPS) is 10.7. The van der Waals surface area contributed by atoms with Gasteiger partial charge in [0.2, 0.25) is 0 Å². The molecule has 0 aromatic carbocycles. The van der Waals surface area contributed by atoms with E-state index in [1.165, 1.54) is 443 Å². The van der Waals surface area contributed by atoms with Gasteiger partial charge in [-0.3, -0.25) is 4.79 Å². The Hall–Kier alpha value is -0.624. The SMILES string of the molecule is CCCCCCCCCCCCCCCCCC(=O)[O-].CCCCCCCCCCCCCCCCCC(=O)[O-].CCCCCCCCCCCCCCCCCC(=O)[O-].CCCCCCCCCCCCCCCCCC(=O)[O-].CCCCCCCCCCCCCCCCCCCCCC(=O)O.[Ca+2].[Mg+2]. The molecule has 0 bridgehead atoms. The number of carbonyl (C=O) groups excluding carboxylic acids is 4. The van der Waals surface area contributed by atoms with Crippen LogP contribution in [0, 0.1) is 0 Å². The zero-order chi connectivity index (χ0) is 77.3. The maximum atomic E-state index is 10.4. The molecule has 0 amide bonds. The summed E-state index contributed by atoms with van der Waals surface area (Å²) in [6.07, 6.45) is 106. The molecular weight excluding hydrogens is 1350 g/mol. The van der Waals surface area contributed by atoms with Crippen molar-refractivity contribution in [3.63, 3.8) is 0 Å². The zero-order valence-electron chi connectivity index (χ0n) is 72.4. The number of hydrogen-bond donors (Lipinski definition) is 1. The summed E-state index contributed by atoms with van der Waals surface area (Å²) in [6, 6.07) is 0.